The average Bonchev–Trinajstić information content (AvgIpc) is 3.37. The standard InChI is InChI=1S/C23H31N5OS/c1-7-21-25-27-28(26-21)19-10-11-20(29-6)17(13-19)9-8-12-23(4,5)14-18-15-30-22(24-18)16(2)3/h8-11,13,15-16H,7,12,14H2,1-6H3/b9-8+. The molecular weight excluding hydrogens is 394 g/mol. The molecule has 0 unspecified atom stereocenters. The summed E-state index contributed by atoms with van der Waals surface area (Å²) in [6.07, 6.45) is 6.98. The summed E-state index contributed by atoms with van der Waals surface area (Å²) in [5.74, 6) is 2.04. The van der Waals surface area contributed by atoms with Gasteiger partial charge in [0.25, 0.3) is 0 Å². The monoisotopic (exact) mass is 425 g/mol. The molecule has 2 aromatic heterocycles. The molecule has 30 heavy (non-hydrogen) atoms. The van der Waals surface area contributed by atoms with Gasteiger partial charge in [-0.3, -0.25) is 0 Å². The highest BCUT2D eigenvalue weighted by atomic mass is 32.1. The fourth-order valence-electron chi connectivity index (χ4n) is 3.21. The van der Waals surface area contributed by atoms with Crippen molar-refractivity contribution in [2.45, 2.75) is 59.8 Å². The lowest BCUT2D eigenvalue weighted by Crippen LogP contribution is -2.14. The van der Waals surface area contributed by atoms with Crippen LogP contribution in [-0.4, -0.2) is 32.3 Å². The number of benzene rings is 1. The Bertz CT molecular complexity index is 1000. The van der Waals surface area contributed by atoms with E-state index in [4.69, 9.17) is 9.72 Å². The summed E-state index contributed by atoms with van der Waals surface area (Å²) in [5, 5.41) is 16.0. The molecule has 0 spiro atoms. The first-order valence-corrected chi connectivity index (χ1v) is 11.3. The molecule has 160 valence electrons. The average molecular weight is 426 g/mol. The third-order valence-corrected chi connectivity index (χ3v) is 6.10. The van der Waals surface area contributed by atoms with E-state index in [9.17, 15) is 0 Å². The number of rotatable bonds is 9. The SMILES string of the molecule is CCc1nnn(-c2ccc(OC)c(/C=C/CC(C)(C)Cc3csc(C(C)C)n3)c2)n1. The van der Waals surface area contributed by atoms with Crippen LogP contribution in [0.15, 0.2) is 29.7 Å². The number of thiazole rings is 1. The second kappa shape index (κ2) is 9.51. The van der Waals surface area contributed by atoms with Crippen molar-refractivity contribution in [3.63, 3.8) is 0 Å². The van der Waals surface area contributed by atoms with Crippen molar-refractivity contribution < 1.29 is 4.74 Å². The van der Waals surface area contributed by atoms with E-state index in [2.05, 4.69) is 60.6 Å². The van der Waals surface area contributed by atoms with E-state index < -0.39 is 0 Å². The summed E-state index contributed by atoms with van der Waals surface area (Å²) in [4.78, 5) is 6.36. The predicted octanol–water partition coefficient (Wildman–Crippen LogP) is 5.49. The molecule has 0 aliphatic carbocycles. The third kappa shape index (κ3) is 5.53. The third-order valence-electron chi connectivity index (χ3n) is 4.91. The van der Waals surface area contributed by atoms with Gasteiger partial charge in [-0.05, 0) is 41.7 Å². The molecule has 3 rings (SSSR count). The van der Waals surface area contributed by atoms with E-state index in [-0.39, 0.29) is 5.41 Å². The van der Waals surface area contributed by atoms with Crippen LogP contribution in [0, 0.1) is 5.41 Å². The Morgan fingerprint density at radius 3 is 2.70 bits per heavy atom. The molecule has 0 aliphatic rings. The molecular formula is C23H31N5OS. The molecule has 2 heterocycles. The Morgan fingerprint density at radius 2 is 2.07 bits per heavy atom. The van der Waals surface area contributed by atoms with Gasteiger partial charge >= 0.3 is 0 Å². The zero-order chi connectivity index (χ0) is 21.7. The maximum absolute atomic E-state index is 5.54. The number of aromatic nitrogens is 5. The number of tetrazole rings is 1. The molecule has 0 aliphatic heterocycles. The first-order valence-electron chi connectivity index (χ1n) is 10.4. The normalized spacial score (nSPS) is 12.2. The van der Waals surface area contributed by atoms with Crippen LogP contribution in [0.25, 0.3) is 11.8 Å². The molecule has 6 nitrogen and oxygen atoms in total. The number of methoxy groups -OCH3 is 1. The Hall–Kier alpha value is -2.54. The predicted molar refractivity (Wildman–Crippen MR) is 122 cm³/mol. The van der Waals surface area contributed by atoms with E-state index in [1.165, 1.54) is 10.7 Å². The quantitative estimate of drug-likeness (QED) is 0.454. The maximum Gasteiger partial charge on any atom is 0.174 e. The van der Waals surface area contributed by atoms with Crippen LogP contribution in [0.4, 0.5) is 0 Å². The van der Waals surface area contributed by atoms with Gasteiger partial charge in [-0.2, -0.15) is 0 Å². The van der Waals surface area contributed by atoms with Crippen molar-refractivity contribution in [3.8, 4) is 11.4 Å². The smallest absolute Gasteiger partial charge is 0.174 e. The summed E-state index contributed by atoms with van der Waals surface area (Å²) >= 11 is 1.76. The minimum Gasteiger partial charge on any atom is -0.496 e. The van der Waals surface area contributed by atoms with Crippen molar-refractivity contribution in [3.05, 3.63) is 51.7 Å². The molecule has 0 N–H and O–H groups in total. The van der Waals surface area contributed by atoms with E-state index in [1.54, 1.807) is 23.2 Å². The lowest BCUT2D eigenvalue weighted by atomic mass is 9.84. The Kier molecular flexibility index (Phi) is 7.02. The molecule has 0 saturated heterocycles. The van der Waals surface area contributed by atoms with Crippen LogP contribution >= 0.6 is 11.3 Å². The summed E-state index contributed by atoms with van der Waals surface area (Å²) in [6, 6.07) is 5.91. The second-order valence-electron chi connectivity index (χ2n) is 8.55. The minimum atomic E-state index is 0.118. The van der Waals surface area contributed by atoms with Gasteiger partial charge in [0, 0.05) is 23.3 Å². The van der Waals surface area contributed by atoms with Gasteiger partial charge in [0.2, 0.25) is 0 Å². The minimum absolute atomic E-state index is 0.118. The number of aryl methyl sites for hydroxylation is 1. The van der Waals surface area contributed by atoms with Gasteiger partial charge in [0.05, 0.1) is 23.5 Å². The van der Waals surface area contributed by atoms with Crippen LogP contribution < -0.4 is 4.74 Å². The van der Waals surface area contributed by atoms with Crippen molar-refractivity contribution in [2.24, 2.45) is 5.41 Å². The van der Waals surface area contributed by atoms with Gasteiger partial charge in [0.1, 0.15) is 5.75 Å². The van der Waals surface area contributed by atoms with Crippen LogP contribution in [0.3, 0.4) is 0 Å². The molecule has 1 aromatic carbocycles. The van der Waals surface area contributed by atoms with Gasteiger partial charge in [-0.25, -0.2) is 4.98 Å². The fourth-order valence-corrected chi connectivity index (χ4v) is 4.04. The molecule has 7 heteroatoms. The number of nitrogens with zero attached hydrogens (tertiary/aromatic N) is 5. The lowest BCUT2D eigenvalue weighted by Gasteiger charge is -2.21. The van der Waals surface area contributed by atoms with E-state index in [0.717, 1.165) is 42.1 Å². The van der Waals surface area contributed by atoms with Gasteiger partial charge in [-0.1, -0.05) is 46.8 Å². The van der Waals surface area contributed by atoms with Crippen molar-refractivity contribution in [2.75, 3.05) is 7.11 Å². The maximum atomic E-state index is 5.54. The van der Waals surface area contributed by atoms with Crippen molar-refractivity contribution in [1.82, 2.24) is 25.2 Å². The Morgan fingerprint density at radius 1 is 1.27 bits per heavy atom. The van der Waals surface area contributed by atoms with Gasteiger partial charge in [-0.15, -0.1) is 26.3 Å². The Balaban J connectivity index is 1.72. The number of allylic oxidation sites excluding steroid dienone is 1. The molecule has 0 saturated carbocycles. The molecule has 3 aromatic rings. The fraction of sp³-hybridized carbons (Fsp3) is 0.478. The zero-order valence-electron chi connectivity index (χ0n) is 18.7. The van der Waals surface area contributed by atoms with E-state index in [0.29, 0.717) is 5.92 Å². The summed E-state index contributed by atoms with van der Waals surface area (Å²) < 4.78 is 5.54. The summed E-state index contributed by atoms with van der Waals surface area (Å²) in [5.41, 5.74) is 3.17. The second-order valence-corrected chi connectivity index (χ2v) is 9.44. The first kappa shape index (κ1) is 22.2. The lowest BCUT2D eigenvalue weighted by molar-refractivity contribution is 0.365. The van der Waals surface area contributed by atoms with E-state index in [1.807, 2.05) is 25.1 Å². The van der Waals surface area contributed by atoms with Gasteiger partial charge in [0.15, 0.2) is 5.82 Å². The molecule has 0 bridgehead atoms. The van der Waals surface area contributed by atoms with Crippen molar-refractivity contribution in [1.29, 1.82) is 0 Å². The van der Waals surface area contributed by atoms with Gasteiger partial charge < -0.3 is 4.74 Å². The molecule has 0 amide bonds. The highest BCUT2D eigenvalue weighted by Crippen LogP contribution is 2.30. The Labute approximate surface area is 183 Å². The van der Waals surface area contributed by atoms with Crippen LogP contribution in [0.2, 0.25) is 0 Å². The van der Waals surface area contributed by atoms with Crippen LogP contribution in [0.1, 0.15) is 69.0 Å². The number of hydrogen-bond acceptors (Lipinski definition) is 6. The van der Waals surface area contributed by atoms with E-state index >= 15 is 0 Å². The summed E-state index contributed by atoms with van der Waals surface area (Å²) in [6.45, 7) is 11.0. The molecule has 0 atom stereocenters. The number of hydrogen-bond donors (Lipinski definition) is 0. The summed E-state index contributed by atoms with van der Waals surface area (Å²) in [7, 11) is 1.69. The zero-order valence-corrected chi connectivity index (χ0v) is 19.5. The first-order chi connectivity index (χ1) is 14.3. The van der Waals surface area contributed by atoms with Crippen LogP contribution in [-0.2, 0) is 12.8 Å². The number of ether oxygens (including phenoxy) is 1. The highest BCUT2D eigenvalue weighted by molar-refractivity contribution is 7.09. The molecule has 0 fully saturated rings. The van der Waals surface area contributed by atoms with Crippen molar-refractivity contribution >= 4 is 17.4 Å². The topological polar surface area (TPSA) is 65.7 Å². The van der Waals surface area contributed by atoms with Crippen LogP contribution in [0.5, 0.6) is 5.75 Å². The largest absolute Gasteiger partial charge is 0.496 e. The molecule has 0 radical (unpaired) electrons. The highest BCUT2D eigenvalue weighted by Gasteiger charge is 2.19.